The predicted octanol–water partition coefficient (Wildman–Crippen LogP) is 4.68. The van der Waals surface area contributed by atoms with Gasteiger partial charge < -0.3 is 5.32 Å². The summed E-state index contributed by atoms with van der Waals surface area (Å²) in [6.45, 7) is 5.18. The highest BCUT2D eigenvalue weighted by molar-refractivity contribution is 9.10. The number of hydrogen-bond donors (Lipinski definition) is 1. The molecule has 0 unspecified atom stereocenters. The van der Waals surface area contributed by atoms with E-state index in [0.29, 0.717) is 18.7 Å². The molecule has 0 spiro atoms. The average molecular weight is 388 g/mol. The van der Waals surface area contributed by atoms with Gasteiger partial charge in [-0.3, -0.25) is 0 Å². The van der Waals surface area contributed by atoms with E-state index < -0.39 is 0 Å². The largest absolute Gasteiger partial charge is 0.308 e. The number of nitrogens with zero attached hydrogens (tertiary/aromatic N) is 2. The van der Waals surface area contributed by atoms with Gasteiger partial charge in [0.2, 0.25) is 0 Å². The van der Waals surface area contributed by atoms with E-state index in [1.54, 1.807) is 12.1 Å². The third kappa shape index (κ3) is 3.57. The summed E-state index contributed by atoms with van der Waals surface area (Å²) in [5.74, 6) is -0.195. The van der Waals surface area contributed by atoms with Crippen molar-refractivity contribution in [3.8, 4) is 5.69 Å². The molecule has 0 bridgehead atoms. The molecule has 24 heavy (non-hydrogen) atoms. The van der Waals surface area contributed by atoms with E-state index in [2.05, 4.69) is 33.3 Å². The minimum atomic E-state index is -0.195. The van der Waals surface area contributed by atoms with Crippen LogP contribution in [0, 0.1) is 19.7 Å². The molecule has 3 aromatic rings. The highest BCUT2D eigenvalue weighted by Crippen LogP contribution is 2.19. The third-order valence-corrected chi connectivity index (χ3v) is 4.56. The molecule has 1 heterocycles. The van der Waals surface area contributed by atoms with Crippen LogP contribution in [-0.2, 0) is 13.1 Å². The summed E-state index contributed by atoms with van der Waals surface area (Å²) in [7, 11) is 0. The summed E-state index contributed by atoms with van der Waals surface area (Å²) in [5, 5.41) is 7.95. The van der Waals surface area contributed by atoms with Gasteiger partial charge in [0.05, 0.1) is 11.4 Å². The van der Waals surface area contributed by atoms with Crippen molar-refractivity contribution in [3.63, 3.8) is 0 Å². The molecule has 3 rings (SSSR count). The molecule has 2 aromatic carbocycles. The van der Waals surface area contributed by atoms with Crippen LogP contribution in [0.5, 0.6) is 0 Å². The van der Waals surface area contributed by atoms with Gasteiger partial charge in [0.25, 0.3) is 0 Å². The summed E-state index contributed by atoms with van der Waals surface area (Å²) in [6.07, 6.45) is 0. The molecule has 124 valence electrons. The van der Waals surface area contributed by atoms with Gasteiger partial charge in [-0.25, -0.2) is 9.07 Å². The lowest BCUT2D eigenvalue weighted by Crippen LogP contribution is -2.15. The zero-order valence-corrected chi connectivity index (χ0v) is 15.3. The fraction of sp³-hybridized carbons (Fsp3) is 0.211. The first-order valence-electron chi connectivity index (χ1n) is 7.81. The maximum Gasteiger partial charge on any atom is 0.127 e. The number of para-hydroxylation sites is 1. The van der Waals surface area contributed by atoms with Crippen LogP contribution in [0.2, 0.25) is 0 Å². The van der Waals surface area contributed by atoms with Crippen molar-refractivity contribution >= 4 is 15.9 Å². The Hall–Kier alpha value is -1.98. The van der Waals surface area contributed by atoms with Crippen molar-refractivity contribution < 1.29 is 4.39 Å². The molecule has 0 atom stereocenters. The first kappa shape index (κ1) is 16.9. The predicted molar refractivity (Wildman–Crippen MR) is 97.7 cm³/mol. The van der Waals surface area contributed by atoms with Crippen molar-refractivity contribution in [2.24, 2.45) is 0 Å². The Morgan fingerprint density at radius 3 is 2.58 bits per heavy atom. The maximum atomic E-state index is 13.8. The van der Waals surface area contributed by atoms with Gasteiger partial charge in [0.1, 0.15) is 5.82 Å². The Bertz CT molecular complexity index is 843. The number of benzene rings is 2. The van der Waals surface area contributed by atoms with Crippen LogP contribution < -0.4 is 5.32 Å². The van der Waals surface area contributed by atoms with Crippen LogP contribution in [0.4, 0.5) is 4.39 Å². The van der Waals surface area contributed by atoms with Crippen LogP contribution in [0.25, 0.3) is 5.69 Å². The lowest BCUT2D eigenvalue weighted by molar-refractivity contribution is 0.586. The van der Waals surface area contributed by atoms with Gasteiger partial charge in [-0.05, 0) is 44.2 Å². The fourth-order valence-corrected chi connectivity index (χ4v) is 3.16. The highest BCUT2D eigenvalue weighted by Gasteiger charge is 2.12. The normalized spacial score (nSPS) is 11.0. The van der Waals surface area contributed by atoms with E-state index in [4.69, 9.17) is 0 Å². The molecule has 5 heteroatoms. The molecule has 0 radical (unpaired) electrons. The summed E-state index contributed by atoms with van der Waals surface area (Å²) in [5.41, 5.74) is 4.92. The summed E-state index contributed by atoms with van der Waals surface area (Å²) in [6, 6.07) is 15.0. The van der Waals surface area contributed by atoms with Crippen LogP contribution in [0.1, 0.15) is 22.5 Å². The van der Waals surface area contributed by atoms with Gasteiger partial charge in [-0.2, -0.15) is 5.10 Å². The average Bonchev–Trinajstić information content (AvgIpc) is 2.87. The second-order valence-electron chi connectivity index (χ2n) is 5.74. The molecule has 0 aliphatic rings. The Balaban J connectivity index is 1.74. The van der Waals surface area contributed by atoms with Crippen LogP contribution in [0.15, 0.2) is 53.0 Å². The third-order valence-electron chi connectivity index (χ3n) is 4.07. The van der Waals surface area contributed by atoms with Crippen molar-refractivity contribution in [1.29, 1.82) is 0 Å². The standard InChI is InChI=1S/C19H19BrFN3/c1-13-18(12-22-11-15-10-16(20)8-9-19(15)21)14(2)24(23-13)17-6-4-3-5-7-17/h3-10,22H,11-12H2,1-2H3. The quantitative estimate of drug-likeness (QED) is 0.688. The Labute approximate surface area is 149 Å². The summed E-state index contributed by atoms with van der Waals surface area (Å²) in [4.78, 5) is 0. The number of aromatic nitrogens is 2. The number of aryl methyl sites for hydroxylation is 1. The highest BCUT2D eigenvalue weighted by atomic mass is 79.9. The van der Waals surface area contributed by atoms with Crippen molar-refractivity contribution in [1.82, 2.24) is 15.1 Å². The van der Waals surface area contributed by atoms with E-state index in [9.17, 15) is 4.39 Å². The van der Waals surface area contributed by atoms with Crippen molar-refractivity contribution in [2.75, 3.05) is 0 Å². The Kier molecular flexibility index (Phi) is 5.11. The molecular formula is C19H19BrFN3. The lowest BCUT2D eigenvalue weighted by atomic mass is 10.1. The molecule has 3 nitrogen and oxygen atoms in total. The molecule has 1 aromatic heterocycles. The van der Waals surface area contributed by atoms with Crippen LogP contribution in [0.3, 0.4) is 0 Å². The molecule has 0 fully saturated rings. The van der Waals surface area contributed by atoms with Crippen LogP contribution in [-0.4, -0.2) is 9.78 Å². The number of rotatable bonds is 5. The van der Waals surface area contributed by atoms with Crippen LogP contribution >= 0.6 is 15.9 Å². The topological polar surface area (TPSA) is 29.9 Å². The second kappa shape index (κ2) is 7.28. The Morgan fingerprint density at radius 2 is 1.83 bits per heavy atom. The number of hydrogen-bond acceptors (Lipinski definition) is 2. The van der Waals surface area contributed by atoms with Gasteiger partial charge in [-0.15, -0.1) is 0 Å². The molecular weight excluding hydrogens is 369 g/mol. The van der Waals surface area contributed by atoms with Gasteiger partial charge in [0.15, 0.2) is 0 Å². The molecule has 0 aliphatic carbocycles. The molecule has 0 amide bonds. The minimum Gasteiger partial charge on any atom is -0.308 e. The maximum absolute atomic E-state index is 13.8. The second-order valence-corrected chi connectivity index (χ2v) is 6.65. The minimum absolute atomic E-state index is 0.195. The SMILES string of the molecule is Cc1nn(-c2ccccc2)c(C)c1CNCc1cc(Br)ccc1F. The van der Waals surface area contributed by atoms with Gasteiger partial charge in [-0.1, -0.05) is 34.1 Å². The summed E-state index contributed by atoms with van der Waals surface area (Å²) < 4.78 is 16.6. The van der Waals surface area contributed by atoms with E-state index in [0.717, 1.165) is 27.1 Å². The Morgan fingerprint density at radius 1 is 1.08 bits per heavy atom. The van der Waals surface area contributed by atoms with Gasteiger partial charge in [0, 0.05) is 34.4 Å². The fourth-order valence-electron chi connectivity index (χ4n) is 2.75. The smallest absolute Gasteiger partial charge is 0.127 e. The van der Waals surface area contributed by atoms with Gasteiger partial charge >= 0.3 is 0 Å². The van der Waals surface area contributed by atoms with E-state index in [1.165, 1.54) is 6.07 Å². The summed E-state index contributed by atoms with van der Waals surface area (Å²) >= 11 is 3.38. The lowest BCUT2D eigenvalue weighted by Gasteiger charge is -2.08. The number of halogens is 2. The zero-order chi connectivity index (χ0) is 17.1. The molecule has 0 saturated carbocycles. The van der Waals surface area contributed by atoms with E-state index >= 15 is 0 Å². The van der Waals surface area contributed by atoms with Crippen molar-refractivity contribution in [3.05, 3.63) is 81.3 Å². The number of nitrogens with one attached hydrogen (secondary N) is 1. The zero-order valence-electron chi connectivity index (χ0n) is 13.7. The van der Waals surface area contributed by atoms with E-state index in [-0.39, 0.29) is 5.82 Å². The molecule has 0 aliphatic heterocycles. The van der Waals surface area contributed by atoms with Crippen molar-refractivity contribution in [2.45, 2.75) is 26.9 Å². The first-order valence-corrected chi connectivity index (χ1v) is 8.60. The van der Waals surface area contributed by atoms with E-state index in [1.807, 2.05) is 41.9 Å². The molecule has 1 N–H and O–H groups in total. The first-order chi connectivity index (χ1) is 11.6. The monoisotopic (exact) mass is 387 g/mol. The molecule has 0 saturated heterocycles.